The Morgan fingerprint density at radius 3 is 2.29 bits per heavy atom. The summed E-state index contributed by atoms with van der Waals surface area (Å²) >= 11 is 0. The SMILES string of the molecule is CCCCCC(=O)N[C@@H](CC(=O)[O-])C(=O)O.[Na+]. The molecule has 1 amide bonds. The first kappa shape index (κ1) is 18.8. The van der Waals surface area contributed by atoms with Crippen molar-refractivity contribution in [2.45, 2.75) is 45.1 Å². The van der Waals surface area contributed by atoms with Crippen molar-refractivity contribution in [1.29, 1.82) is 0 Å². The molecule has 0 saturated heterocycles. The van der Waals surface area contributed by atoms with Gasteiger partial charge in [-0.25, -0.2) is 4.79 Å². The number of nitrogens with one attached hydrogen (secondary N) is 1. The van der Waals surface area contributed by atoms with E-state index in [4.69, 9.17) is 5.11 Å². The third kappa shape index (κ3) is 10.3. The van der Waals surface area contributed by atoms with E-state index in [0.717, 1.165) is 12.8 Å². The maximum atomic E-state index is 11.2. The minimum Gasteiger partial charge on any atom is -0.550 e. The first-order valence-corrected chi connectivity index (χ1v) is 5.19. The standard InChI is InChI=1S/C10H17NO5.Na/c1-2-3-4-5-8(12)11-7(10(15)16)6-9(13)14;/h7H,2-6H2,1H3,(H,11,12)(H,13,14)(H,15,16);/q;+1/p-1/t7-;/m0./s1. The Kier molecular flexibility index (Phi) is 11.7. The molecule has 92 valence electrons. The van der Waals surface area contributed by atoms with Crippen molar-refractivity contribution in [2.24, 2.45) is 0 Å². The van der Waals surface area contributed by atoms with Gasteiger partial charge < -0.3 is 20.3 Å². The second-order valence-corrected chi connectivity index (χ2v) is 3.49. The van der Waals surface area contributed by atoms with Gasteiger partial charge in [-0.1, -0.05) is 19.8 Å². The summed E-state index contributed by atoms with van der Waals surface area (Å²) in [5.41, 5.74) is 0. The molecule has 0 unspecified atom stereocenters. The summed E-state index contributed by atoms with van der Waals surface area (Å²) in [4.78, 5) is 32.1. The molecule has 0 aromatic heterocycles. The van der Waals surface area contributed by atoms with Crippen LogP contribution in [-0.2, 0) is 14.4 Å². The number of aliphatic carboxylic acids is 2. The van der Waals surface area contributed by atoms with Gasteiger partial charge in [0.25, 0.3) is 0 Å². The average molecular weight is 253 g/mol. The predicted octanol–water partition coefficient (Wildman–Crippen LogP) is -3.72. The Hall–Kier alpha value is -0.590. The van der Waals surface area contributed by atoms with Gasteiger partial charge in [0.15, 0.2) is 0 Å². The number of carboxylic acid groups (broad SMARTS) is 2. The number of carbonyl (C=O) groups is 3. The van der Waals surface area contributed by atoms with E-state index >= 15 is 0 Å². The fourth-order valence-corrected chi connectivity index (χ4v) is 1.17. The van der Waals surface area contributed by atoms with E-state index in [1.807, 2.05) is 6.92 Å². The second kappa shape index (κ2) is 10.6. The molecule has 0 spiro atoms. The molecule has 0 aromatic carbocycles. The molecular formula is C10H16NNaO5. The fourth-order valence-electron chi connectivity index (χ4n) is 1.17. The zero-order chi connectivity index (χ0) is 12.6. The second-order valence-electron chi connectivity index (χ2n) is 3.49. The van der Waals surface area contributed by atoms with Crippen LogP contribution in [0.1, 0.15) is 39.0 Å². The van der Waals surface area contributed by atoms with Crippen LogP contribution < -0.4 is 40.0 Å². The molecule has 0 saturated carbocycles. The molecule has 0 bridgehead atoms. The Morgan fingerprint density at radius 2 is 1.88 bits per heavy atom. The van der Waals surface area contributed by atoms with Crippen LogP contribution >= 0.6 is 0 Å². The van der Waals surface area contributed by atoms with Crippen molar-refractivity contribution in [3.63, 3.8) is 0 Å². The summed E-state index contributed by atoms with van der Waals surface area (Å²) in [5, 5.41) is 21.0. The van der Waals surface area contributed by atoms with Gasteiger partial charge >= 0.3 is 35.5 Å². The maximum Gasteiger partial charge on any atom is 1.00 e. The Labute approximate surface area is 122 Å². The summed E-state index contributed by atoms with van der Waals surface area (Å²) in [6.07, 6.45) is 2.00. The normalized spacial score (nSPS) is 11.1. The fraction of sp³-hybridized carbons (Fsp3) is 0.700. The Balaban J connectivity index is 0. The molecule has 6 nitrogen and oxygen atoms in total. The smallest absolute Gasteiger partial charge is 0.550 e. The predicted molar refractivity (Wildman–Crippen MR) is 53.3 cm³/mol. The van der Waals surface area contributed by atoms with Gasteiger partial charge in [0.1, 0.15) is 6.04 Å². The third-order valence-corrected chi connectivity index (χ3v) is 2.01. The van der Waals surface area contributed by atoms with Crippen LogP contribution in [0.5, 0.6) is 0 Å². The van der Waals surface area contributed by atoms with Crippen molar-refractivity contribution in [1.82, 2.24) is 5.32 Å². The van der Waals surface area contributed by atoms with E-state index in [2.05, 4.69) is 5.32 Å². The van der Waals surface area contributed by atoms with Crippen molar-refractivity contribution in [3.8, 4) is 0 Å². The minimum absolute atomic E-state index is 0. The van der Waals surface area contributed by atoms with Crippen molar-refractivity contribution in [3.05, 3.63) is 0 Å². The van der Waals surface area contributed by atoms with Gasteiger partial charge in [-0.05, 0) is 6.42 Å². The van der Waals surface area contributed by atoms with E-state index in [1.165, 1.54) is 0 Å². The van der Waals surface area contributed by atoms with Crippen molar-refractivity contribution in [2.75, 3.05) is 0 Å². The van der Waals surface area contributed by atoms with Crippen LogP contribution in [0.15, 0.2) is 0 Å². The number of unbranched alkanes of at least 4 members (excludes halogenated alkanes) is 2. The van der Waals surface area contributed by atoms with Gasteiger partial charge in [0.05, 0.1) is 0 Å². The summed E-state index contributed by atoms with van der Waals surface area (Å²) in [5.74, 6) is -3.31. The van der Waals surface area contributed by atoms with Gasteiger partial charge in [0.2, 0.25) is 5.91 Å². The average Bonchev–Trinajstić information content (AvgIpc) is 2.16. The third-order valence-electron chi connectivity index (χ3n) is 2.01. The number of carboxylic acids is 2. The van der Waals surface area contributed by atoms with Crippen LogP contribution in [-0.4, -0.2) is 29.0 Å². The number of hydrogen-bond acceptors (Lipinski definition) is 4. The summed E-state index contributed by atoms with van der Waals surface area (Å²) in [7, 11) is 0. The Bertz CT molecular complexity index is 269. The molecule has 2 N–H and O–H groups in total. The van der Waals surface area contributed by atoms with E-state index in [0.29, 0.717) is 6.42 Å². The van der Waals surface area contributed by atoms with Crippen LogP contribution in [0.3, 0.4) is 0 Å². The molecular weight excluding hydrogens is 237 g/mol. The molecule has 0 aliphatic rings. The largest absolute Gasteiger partial charge is 1.00 e. The maximum absolute atomic E-state index is 11.2. The quantitative estimate of drug-likeness (QED) is 0.342. The van der Waals surface area contributed by atoms with Crippen LogP contribution in [0.25, 0.3) is 0 Å². The van der Waals surface area contributed by atoms with E-state index in [-0.39, 0.29) is 36.0 Å². The molecule has 7 heteroatoms. The van der Waals surface area contributed by atoms with Crippen molar-refractivity contribution >= 4 is 17.8 Å². The molecule has 0 fully saturated rings. The van der Waals surface area contributed by atoms with Crippen LogP contribution in [0.2, 0.25) is 0 Å². The zero-order valence-electron chi connectivity index (χ0n) is 10.2. The first-order valence-electron chi connectivity index (χ1n) is 5.19. The topological polar surface area (TPSA) is 107 Å². The molecule has 17 heavy (non-hydrogen) atoms. The molecule has 1 atom stereocenters. The van der Waals surface area contributed by atoms with Crippen LogP contribution in [0.4, 0.5) is 0 Å². The molecule has 0 rings (SSSR count). The minimum atomic E-state index is -1.50. The zero-order valence-corrected chi connectivity index (χ0v) is 12.2. The summed E-state index contributed by atoms with van der Waals surface area (Å²) in [6, 6.07) is -1.40. The van der Waals surface area contributed by atoms with Crippen LogP contribution in [0, 0.1) is 0 Å². The summed E-state index contributed by atoms with van der Waals surface area (Å²) < 4.78 is 0. The van der Waals surface area contributed by atoms with Gasteiger partial charge in [-0.2, -0.15) is 0 Å². The summed E-state index contributed by atoms with van der Waals surface area (Å²) in [6.45, 7) is 1.98. The molecule has 0 heterocycles. The number of hydrogen-bond donors (Lipinski definition) is 2. The molecule has 0 aliphatic carbocycles. The first-order chi connectivity index (χ1) is 7.47. The molecule has 0 radical (unpaired) electrons. The van der Waals surface area contributed by atoms with Gasteiger partial charge in [-0.15, -0.1) is 0 Å². The van der Waals surface area contributed by atoms with Gasteiger partial charge in [-0.3, -0.25) is 4.79 Å². The number of carbonyl (C=O) groups excluding carboxylic acids is 2. The molecule has 0 aliphatic heterocycles. The Morgan fingerprint density at radius 1 is 1.29 bits per heavy atom. The van der Waals surface area contributed by atoms with E-state index in [1.54, 1.807) is 0 Å². The van der Waals surface area contributed by atoms with E-state index < -0.39 is 30.3 Å². The number of amides is 1. The number of rotatable bonds is 8. The van der Waals surface area contributed by atoms with E-state index in [9.17, 15) is 19.5 Å². The van der Waals surface area contributed by atoms with Crippen molar-refractivity contribution < 1.29 is 54.2 Å². The monoisotopic (exact) mass is 253 g/mol. The molecule has 0 aromatic rings. The van der Waals surface area contributed by atoms with Gasteiger partial charge in [0, 0.05) is 18.8 Å².